The van der Waals surface area contributed by atoms with Crippen LogP contribution in [0.25, 0.3) is 16.6 Å². The molecular formula is C29H30Cl2N4O2. The molecule has 0 aliphatic heterocycles. The van der Waals surface area contributed by atoms with Crippen LogP contribution in [0.5, 0.6) is 0 Å². The SMILES string of the molecule is CCc1ccc(-n2c(C(C)N(CC(C)C)C(=O)Nc3cccc(Cl)c3Cl)nc3ccccc3c2=O)cc1. The van der Waals surface area contributed by atoms with E-state index >= 15 is 0 Å². The molecule has 192 valence electrons. The average molecular weight is 537 g/mol. The third kappa shape index (κ3) is 5.65. The Morgan fingerprint density at radius 2 is 1.70 bits per heavy atom. The number of para-hydroxylation sites is 1. The number of hydrogen-bond donors (Lipinski definition) is 1. The fourth-order valence-electron chi connectivity index (χ4n) is 4.30. The number of nitrogens with zero attached hydrogens (tertiary/aromatic N) is 3. The van der Waals surface area contributed by atoms with E-state index in [-0.39, 0.29) is 22.5 Å². The van der Waals surface area contributed by atoms with Gasteiger partial charge >= 0.3 is 6.03 Å². The summed E-state index contributed by atoms with van der Waals surface area (Å²) in [4.78, 5) is 33.9. The zero-order chi connectivity index (χ0) is 26.7. The highest BCUT2D eigenvalue weighted by atomic mass is 35.5. The number of aromatic nitrogens is 2. The van der Waals surface area contributed by atoms with Crippen molar-refractivity contribution in [2.45, 2.75) is 40.2 Å². The summed E-state index contributed by atoms with van der Waals surface area (Å²) in [6.45, 7) is 8.46. The molecule has 4 aromatic rings. The molecule has 4 rings (SSSR count). The highest BCUT2D eigenvalue weighted by molar-refractivity contribution is 6.43. The summed E-state index contributed by atoms with van der Waals surface area (Å²) in [7, 11) is 0. The van der Waals surface area contributed by atoms with Crippen LogP contribution in [0.1, 0.15) is 45.1 Å². The molecular weight excluding hydrogens is 507 g/mol. The van der Waals surface area contributed by atoms with Gasteiger partial charge in [0.05, 0.1) is 38.4 Å². The molecule has 1 heterocycles. The van der Waals surface area contributed by atoms with Crippen molar-refractivity contribution in [2.75, 3.05) is 11.9 Å². The second-order valence-electron chi connectivity index (χ2n) is 9.40. The van der Waals surface area contributed by atoms with Crippen LogP contribution in [-0.4, -0.2) is 27.0 Å². The minimum absolute atomic E-state index is 0.160. The Morgan fingerprint density at radius 3 is 2.38 bits per heavy atom. The van der Waals surface area contributed by atoms with E-state index in [1.54, 1.807) is 33.7 Å². The molecule has 6 nitrogen and oxygen atoms in total. The first-order valence-electron chi connectivity index (χ1n) is 12.3. The molecule has 37 heavy (non-hydrogen) atoms. The van der Waals surface area contributed by atoms with Gasteiger partial charge in [-0.25, -0.2) is 9.78 Å². The number of fused-ring (bicyclic) bond motifs is 1. The number of anilines is 1. The van der Waals surface area contributed by atoms with Gasteiger partial charge in [0.25, 0.3) is 5.56 Å². The van der Waals surface area contributed by atoms with E-state index in [0.717, 1.165) is 6.42 Å². The summed E-state index contributed by atoms with van der Waals surface area (Å²) in [5, 5.41) is 4.03. The average Bonchev–Trinajstić information content (AvgIpc) is 2.89. The lowest BCUT2D eigenvalue weighted by atomic mass is 10.1. The van der Waals surface area contributed by atoms with E-state index < -0.39 is 6.04 Å². The summed E-state index contributed by atoms with van der Waals surface area (Å²) in [6, 6.07) is 19.3. The maximum atomic E-state index is 13.8. The molecule has 1 aromatic heterocycles. The van der Waals surface area contributed by atoms with Gasteiger partial charge in [-0.3, -0.25) is 9.36 Å². The molecule has 0 bridgehead atoms. The smallest absolute Gasteiger partial charge is 0.314 e. The van der Waals surface area contributed by atoms with Crippen LogP contribution in [0, 0.1) is 5.92 Å². The van der Waals surface area contributed by atoms with E-state index in [4.69, 9.17) is 28.2 Å². The summed E-state index contributed by atoms with van der Waals surface area (Å²) in [5.41, 5.74) is 2.68. The zero-order valence-electron chi connectivity index (χ0n) is 21.3. The molecule has 0 radical (unpaired) electrons. The molecule has 1 atom stereocenters. The Balaban J connectivity index is 1.84. The van der Waals surface area contributed by atoms with Crippen molar-refractivity contribution in [3.8, 4) is 5.69 Å². The first-order valence-corrected chi connectivity index (χ1v) is 13.1. The highest BCUT2D eigenvalue weighted by Crippen LogP contribution is 2.31. The number of aryl methyl sites for hydroxylation is 1. The Labute approximate surface area is 226 Å². The maximum Gasteiger partial charge on any atom is 0.322 e. The first kappa shape index (κ1) is 26.7. The van der Waals surface area contributed by atoms with E-state index in [9.17, 15) is 9.59 Å². The van der Waals surface area contributed by atoms with Crippen molar-refractivity contribution in [1.29, 1.82) is 0 Å². The predicted molar refractivity (Wildman–Crippen MR) is 152 cm³/mol. The van der Waals surface area contributed by atoms with Crippen LogP contribution >= 0.6 is 23.2 Å². The van der Waals surface area contributed by atoms with Gasteiger partial charge in [0.1, 0.15) is 5.82 Å². The molecule has 0 aliphatic rings. The minimum Gasteiger partial charge on any atom is -0.314 e. The molecule has 0 saturated heterocycles. The van der Waals surface area contributed by atoms with Crippen LogP contribution in [0.15, 0.2) is 71.5 Å². The van der Waals surface area contributed by atoms with Crippen molar-refractivity contribution in [1.82, 2.24) is 14.5 Å². The van der Waals surface area contributed by atoms with Gasteiger partial charge in [-0.1, -0.05) is 74.3 Å². The summed E-state index contributed by atoms with van der Waals surface area (Å²) in [5.74, 6) is 0.633. The number of amides is 2. The van der Waals surface area contributed by atoms with Crippen LogP contribution in [0.2, 0.25) is 10.0 Å². The molecule has 3 aromatic carbocycles. The molecule has 0 aliphatic carbocycles. The highest BCUT2D eigenvalue weighted by Gasteiger charge is 2.28. The van der Waals surface area contributed by atoms with E-state index in [0.29, 0.717) is 39.7 Å². The van der Waals surface area contributed by atoms with Gasteiger partial charge in [0.15, 0.2) is 0 Å². The summed E-state index contributed by atoms with van der Waals surface area (Å²) in [6.07, 6.45) is 0.892. The quantitative estimate of drug-likeness (QED) is 0.265. The molecule has 0 spiro atoms. The predicted octanol–water partition coefficient (Wildman–Crippen LogP) is 7.51. The lowest BCUT2D eigenvalue weighted by Gasteiger charge is -2.32. The van der Waals surface area contributed by atoms with E-state index in [2.05, 4.69) is 12.2 Å². The summed E-state index contributed by atoms with van der Waals surface area (Å²) < 4.78 is 1.61. The molecule has 1 unspecified atom stereocenters. The number of carbonyl (C=O) groups excluding carboxylic acids is 1. The zero-order valence-corrected chi connectivity index (χ0v) is 22.8. The number of nitrogens with one attached hydrogen (secondary N) is 1. The normalized spacial score (nSPS) is 12.1. The van der Waals surface area contributed by atoms with Crippen molar-refractivity contribution in [3.63, 3.8) is 0 Å². The van der Waals surface area contributed by atoms with Crippen molar-refractivity contribution >= 4 is 45.8 Å². The second kappa shape index (κ2) is 11.4. The molecule has 0 fully saturated rings. The van der Waals surface area contributed by atoms with Crippen molar-refractivity contribution < 1.29 is 4.79 Å². The monoisotopic (exact) mass is 536 g/mol. The molecule has 1 N–H and O–H groups in total. The van der Waals surface area contributed by atoms with Gasteiger partial charge in [0.2, 0.25) is 0 Å². The van der Waals surface area contributed by atoms with Crippen LogP contribution in [0.4, 0.5) is 10.5 Å². The third-order valence-electron chi connectivity index (χ3n) is 6.26. The van der Waals surface area contributed by atoms with Crippen LogP contribution in [-0.2, 0) is 6.42 Å². The Bertz CT molecular complexity index is 1480. The van der Waals surface area contributed by atoms with Crippen LogP contribution < -0.4 is 10.9 Å². The van der Waals surface area contributed by atoms with Gasteiger partial charge in [-0.15, -0.1) is 0 Å². The van der Waals surface area contributed by atoms with Crippen molar-refractivity contribution in [3.05, 3.63) is 98.5 Å². The fraction of sp³-hybridized carbons (Fsp3) is 0.276. The topological polar surface area (TPSA) is 67.2 Å². The Hall–Kier alpha value is -3.35. The maximum absolute atomic E-state index is 13.8. The standard InChI is InChI=1S/C29H30Cl2N4O2/c1-5-20-13-15-21(16-14-20)35-27(32-24-11-7-6-9-22(24)28(35)36)19(4)34(17-18(2)3)29(37)33-25-12-8-10-23(30)26(25)31/h6-16,18-19H,5,17H2,1-4H3,(H,33,37). The van der Waals surface area contributed by atoms with E-state index in [1.165, 1.54) is 5.56 Å². The number of hydrogen-bond acceptors (Lipinski definition) is 3. The van der Waals surface area contributed by atoms with Crippen molar-refractivity contribution in [2.24, 2.45) is 5.92 Å². The Kier molecular flexibility index (Phi) is 8.20. The third-order valence-corrected chi connectivity index (χ3v) is 7.08. The lowest BCUT2D eigenvalue weighted by Crippen LogP contribution is -2.41. The Morgan fingerprint density at radius 1 is 1.00 bits per heavy atom. The molecule has 2 amide bonds. The number of halogens is 2. The largest absolute Gasteiger partial charge is 0.322 e. The number of urea groups is 1. The van der Waals surface area contributed by atoms with Gasteiger partial charge in [-0.05, 0) is 61.2 Å². The van der Waals surface area contributed by atoms with E-state index in [1.807, 2.05) is 63.2 Å². The number of rotatable bonds is 7. The molecule has 0 saturated carbocycles. The first-order chi connectivity index (χ1) is 17.7. The van der Waals surface area contributed by atoms with Gasteiger partial charge < -0.3 is 10.2 Å². The van der Waals surface area contributed by atoms with Gasteiger partial charge in [0, 0.05) is 6.54 Å². The second-order valence-corrected chi connectivity index (χ2v) is 10.2. The van der Waals surface area contributed by atoms with Gasteiger partial charge in [-0.2, -0.15) is 0 Å². The fourth-order valence-corrected chi connectivity index (χ4v) is 4.65. The number of carbonyl (C=O) groups is 1. The summed E-state index contributed by atoms with van der Waals surface area (Å²) >= 11 is 12.5. The minimum atomic E-state index is -0.538. The lowest BCUT2D eigenvalue weighted by molar-refractivity contribution is 0.179. The number of benzene rings is 3. The molecule has 8 heteroatoms. The van der Waals surface area contributed by atoms with Crippen LogP contribution in [0.3, 0.4) is 0 Å².